The van der Waals surface area contributed by atoms with Gasteiger partial charge in [-0.25, -0.2) is 0 Å². The van der Waals surface area contributed by atoms with Crippen LogP contribution in [-0.4, -0.2) is 24.0 Å². The van der Waals surface area contributed by atoms with Crippen molar-refractivity contribution in [3.8, 4) is 11.5 Å². The maximum Gasteiger partial charge on any atom is 0.232 e. The summed E-state index contributed by atoms with van der Waals surface area (Å²) >= 11 is 5.31. The van der Waals surface area contributed by atoms with Crippen molar-refractivity contribution < 1.29 is 14.3 Å². The number of thiophene rings is 1. The van der Waals surface area contributed by atoms with E-state index in [0.717, 1.165) is 39.9 Å². The molecule has 0 spiro atoms. The SMILES string of the molecule is Cc1cc2c(c3c1C(=O)/C(=C/c1ccccc1Br)O3)CN(CCc1cccs1)CO2. The molecule has 2 aliphatic rings. The van der Waals surface area contributed by atoms with Gasteiger partial charge in [-0.3, -0.25) is 9.69 Å². The van der Waals surface area contributed by atoms with Crippen LogP contribution in [0.4, 0.5) is 0 Å². The number of fused-ring (bicyclic) bond motifs is 3. The zero-order valence-electron chi connectivity index (χ0n) is 16.5. The number of nitrogens with zero attached hydrogens (tertiary/aromatic N) is 1. The maximum absolute atomic E-state index is 13.1. The third-order valence-electron chi connectivity index (χ3n) is 5.43. The quantitative estimate of drug-likeness (QED) is 0.439. The first-order valence-electron chi connectivity index (χ1n) is 9.83. The predicted molar refractivity (Wildman–Crippen MR) is 122 cm³/mol. The van der Waals surface area contributed by atoms with Crippen molar-refractivity contribution in [1.82, 2.24) is 4.90 Å². The Balaban J connectivity index is 1.44. The topological polar surface area (TPSA) is 38.8 Å². The van der Waals surface area contributed by atoms with Crippen LogP contribution in [0.25, 0.3) is 6.08 Å². The van der Waals surface area contributed by atoms with E-state index in [4.69, 9.17) is 9.47 Å². The van der Waals surface area contributed by atoms with Gasteiger partial charge < -0.3 is 9.47 Å². The summed E-state index contributed by atoms with van der Waals surface area (Å²) in [5, 5.41) is 2.10. The van der Waals surface area contributed by atoms with E-state index in [1.54, 1.807) is 17.4 Å². The standard InChI is InChI=1S/C24H20BrNO3S/c1-15-11-20-18(13-26(14-28-20)9-8-17-6-4-10-30-17)24-22(15)23(27)21(29-24)12-16-5-2-3-7-19(16)25/h2-7,10-12H,8-9,13-14H2,1H3/b21-12-. The van der Waals surface area contributed by atoms with Gasteiger partial charge in [-0.05, 0) is 54.1 Å². The highest BCUT2D eigenvalue weighted by molar-refractivity contribution is 9.10. The van der Waals surface area contributed by atoms with Gasteiger partial charge in [0.1, 0.15) is 18.2 Å². The lowest BCUT2D eigenvalue weighted by molar-refractivity contribution is 0.0951. The fourth-order valence-corrected chi connectivity index (χ4v) is 4.97. The molecule has 0 radical (unpaired) electrons. The lowest BCUT2D eigenvalue weighted by atomic mass is 9.98. The highest BCUT2D eigenvalue weighted by Gasteiger charge is 2.35. The van der Waals surface area contributed by atoms with Gasteiger partial charge in [0.15, 0.2) is 5.76 Å². The molecule has 5 rings (SSSR count). The lowest BCUT2D eigenvalue weighted by Gasteiger charge is -2.30. The second kappa shape index (κ2) is 8.02. The average molecular weight is 482 g/mol. The molecular weight excluding hydrogens is 462 g/mol. The van der Waals surface area contributed by atoms with Crippen molar-refractivity contribution in [2.45, 2.75) is 19.9 Å². The summed E-state index contributed by atoms with van der Waals surface area (Å²) in [5.74, 6) is 1.74. The predicted octanol–water partition coefficient (Wildman–Crippen LogP) is 5.83. The molecule has 152 valence electrons. The molecule has 2 aliphatic heterocycles. The molecule has 3 aromatic rings. The number of hydrogen-bond donors (Lipinski definition) is 0. The number of Topliss-reactive ketones (excluding diaryl/α,β-unsaturated/α-hetero) is 1. The number of benzene rings is 2. The summed E-state index contributed by atoms with van der Waals surface area (Å²) in [4.78, 5) is 16.7. The summed E-state index contributed by atoms with van der Waals surface area (Å²) in [7, 11) is 0. The Kier molecular flexibility index (Phi) is 5.23. The normalized spacial score (nSPS) is 16.9. The van der Waals surface area contributed by atoms with E-state index >= 15 is 0 Å². The Hall–Kier alpha value is -2.41. The molecule has 0 bridgehead atoms. The molecule has 4 nitrogen and oxygen atoms in total. The first kappa shape index (κ1) is 19.5. The highest BCUT2D eigenvalue weighted by Crippen LogP contribution is 2.44. The van der Waals surface area contributed by atoms with Gasteiger partial charge in [0.05, 0.1) is 11.1 Å². The van der Waals surface area contributed by atoms with Crippen LogP contribution < -0.4 is 9.47 Å². The first-order valence-corrected chi connectivity index (χ1v) is 11.5. The van der Waals surface area contributed by atoms with Crippen molar-refractivity contribution in [3.05, 3.63) is 85.2 Å². The van der Waals surface area contributed by atoms with Gasteiger partial charge in [0.2, 0.25) is 5.78 Å². The second-order valence-electron chi connectivity index (χ2n) is 7.49. The van der Waals surface area contributed by atoms with Crippen LogP contribution in [0.2, 0.25) is 0 Å². The fourth-order valence-electron chi connectivity index (χ4n) is 3.88. The van der Waals surface area contributed by atoms with Crippen LogP contribution in [0.15, 0.2) is 58.1 Å². The zero-order valence-corrected chi connectivity index (χ0v) is 18.9. The van der Waals surface area contributed by atoms with Gasteiger partial charge in [0.25, 0.3) is 0 Å². The van der Waals surface area contributed by atoms with Crippen LogP contribution in [0.1, 0.15) is 31.9 Å². The minimum absolute atomic E-state index is 0.0724. The van der Waals surface area contributed by atoms with E-state index in [-0.39, 0.29) is 5.78 Å². The Morgan fingerprint density at radius 2 is 2.10 bits per heavy atom. The molecule has 0 saturated heterocycles. The van der Waals surface area contributed by atoms with Crippen molar-refractivity contribution in [2.75, 3.05) is 13.3 Å². The number of aryl methyl sites for hydroxylation is 1. The largest absolute Gasteiger partial charge is 0.478 e. The molecular formula is C24H20BrNO3S. The van der Waals surface area contributed by atoms with Crippen LogP contribution in [0.5, 0.6) is 11.5 Å². The molecule has 0 saturated carbocycles. The highest BCUT2D eigenvalue weighted by atomic mass is 79.9. The molecule has 6 heteroatoms. The van der Waals surface area contributed by atoms with Crippen molar-refractivity contribution in [3.63, 3.8) is 0 Å². The maximum atomic E-state index is 13.1. The number of carbonyl (C=O) groups is 1. The summed E-state index contributed by atoms with van der Waals surface area (Å²) in [5.41, 5.74) is 3.40. The minimum Gasteiger partial charge on any atom is -0.478 e. The van der Waals surface area contributed by atoms with Gasteiger partial charge >= 0.3 is 0 Å². The smallest absolute Gasteiger partial charge is 0.232 e. The number of halogens is 1. The Bertz CT molecular complexity index is 1150. The van der Waals surface area contributed by atoms with Gasteiger partial charge in [-0.15, -0.1) is 11.3 Å². The Labute approximate surface area is 187 Å². The van der Waals surface area contributed by atoms with Crippen molar-refractivity contribution >= 4 is 39.1 Å². The van der Waals surface area contributed by atoms with Crippen LogP contribution in [-0.2, 0) is 13.0 Å². The Morgan fingerprint density at radius 3 is 2.90 bits per heavy atom. The molecule has 0 fully saturated rings. The molecule has 0 aliphatic carbocycles. The molecule has 1 aromatic heterocycles. The third-order valence-corrected chi connectivity index (χ3v) is 7.09. The third kappa shape index (κ3) is 3.60. The summed E-state index contributed by atoms with van der Waals surface area (Å²) in [6.07, 6.45) is 2.79. The molecule has 3 heterocycles. The van der Waals surface area contributed by atoms with Crippen molar-refractivity contribution in [1.29, 1.82) is 0 Å². The zero-order chi connectivity index (χ0) is 20.7. The summed E-state index contributed by atoms with van der Waals surface area (Å²) in [6.45, 7) is 4.09. The van der Waals surface area contributed by atoms with E-state index in [1.807, 2.05) is 37.3 Å². The average Bonchev–Trinajstić information content (AvgIpc) is 3.37. The van der Waals surface area contributed by atoms with E-state index in [1.165, 1.54) is 4.88 Å². The number of ketones is 1. The van der Waals surface area contributed by atoms with Gasteiger partial charge in [0, 0.05) is 22.4 Å². The molecule has 0 amide bonds. The number of carbonyl (C=O) groups excluding carboxylic acids is 1. The molecule has 0 atom stereocenters. The van der Waals surface area contributed by atoms with E-state index in [0.29, 0.717) is 30.3 Å². The van der Waals surface area contributed by atoms with Crippen LogP contribution in [0.3, 0.4) is 0 Å². The first-order chi connectivity index (χ1) is 14.6. The van der Waals surface area contributed by atoms with E-state index in [9.17, 15) is 4.79 Å². The number of rotatable bonds is 4. The fraction of sp³-hybridized carbons (Fsp3) is 0.208. The number of ether oxygens (including phenoxy) is 2. The van der Waals surface area contributed by atoms with Crippen LogP contribution in [0, 0.1) is 6.92 Å². The molecule has 2 aromatic carbocycles. The number of allylic oxidation sites excluding steroid dienone is 1. The van der Waals surface area contributed by atoms with Gasteiger partial charge in [-0.1, -0.05) is 40.2 Å². The number of hydrogen-bond acceptors (Lipinski definition) is 5. The Morgan fingerprint density at radius 1 is 1.23 bits per heavy atom. The monoisotopic (exact) mass is 481 g/mol. The lowest BCUT2D eigenvalue weighted by Crippen LogP contribution is -2.33. The summed E-state index contributed by atoms with van der Waals surface area (Å²) in [6, 6.07) is 14.0. The van der Waals surface area contributed by atoms with E-state index in [2.05, 4.69) is 38.3 Å². The van der Waals surface area contributed by atoms with E-state index < -0.39 is 0 Å². The minimum atomic E-state index is -0.0724. The summed E-state index contributed by atoms with van der Waals surface area (Å²) < 4.78 is 13.1. The molecule has 0 N–H and O–H groups in total. The van der Waals surface area contributed by atoms with Gasteiger partial charge in [-0.2, -0.15) is 0 Å². The van der Waals surface area contributed by atoms with Crippen molar-refractivity contribution in [2.24, 2.45) is 0 Å². The molecule has 30 heavy (non-hydrogen) atoms. The molecule has 0 unspecified atom stereocenters. The second-order valence-corrected chi connectivity index (χ2v) is 9.38. The van der Waals surface area contributed by atoms with Crippen LogP contribution >= 0.6 is 27.3 Å².